The number of carbonyl (C=O) groups is 1. The van der Waals surface area contributed by atoms with Crippen LogP contribution in [-0.4, -0.2) is 34.6 Å². The van der Waals surface area contributed by atoms with E-state index in [-0.39, 0.29) is 17.4 Å². The Morgan fingerprint density at radius 1 is 1.03 bits per heavy atom. The number of amides is 1. The minimum absolute atomic E-state index is 0.0303. The summed E-state index contributed by atoms with van der Waals surface area (Å²) in [6.07, 6.45) is 6.22. The van der Waals surface area contributed by atoms with Crippen molar-refractivity contribution in [1.29, 1.82) is 0 Å². The van der Waals surface area contributed by atoms with Crippen LogP contribution < -0.4 is 15.8 Å². The number of anilines is 1. The second-order valence-corrected chi connectivity index (χ2v) is 9.19. The third kappa shape index (κ3) is 3.62. The minimum atomic E-state index is -0.0303. The van der Waals surface area contributed by atoms with Crippen LogP contribution in [0.2, 0.25) is 0 Å². The quantitative estimate of drug-likeness (QED) is 0.696. The van der Waals surface area contributed by atoms with Crippen molar-refractivity contribution >= 4 is 33.4 Å². The van der Waals surface area contributed by atoms with E-state index in [0.29, 0.717) is 16.7 Å². The molecule has 5 rings (SSSR count). The summed E-state index contributed by atoms with van der Waals surface area (Å²) < 4.78 is 2.39. The fourth-order valence-electron chi connectivity index (χ4n) is 4.65. The first-order valence-electron chi connectivity index (χ1n) is 10.8. The summed E-state index contributed by atoms with van der Waals surface area (Å²) in [6.45, 7) is 1.44. The van der Waals surface area contributed by atoms with Crippen LogP contribution in [0.3, 0.4) is 0 Å². The van der Waals surface area contributed by atoms with E-state index < -0.39 is 0 Å². The zero-order valence-corrected chi connectivity index (χ0v) is 17.7. The first kappa shape index (κ1) is 19.3. The number of piperidine rings is 1. The summed E-state index contributed by atoms with van der Waals surface area (Å²) in [5.41, 5.74) is 1.53. The number of nitrogens with one attached hydrogen (secondary N) is 1. The highest BCUT2D eigenvalue weighted by Gasteiger charge is 2.29. The molecule has 0 radical (unpaired) electrons. The van der Waals surface area contributed by atoms with Crippen molar-refractivity contribution < 1.29 is 4.79 Å². The lowest BCUT2D eigenvalue weighted by atomic mass is 9.95. The van der Waals surface area contributed by atoms with Crippen LogP contribution in [0.15, 0.2) is 46.6 Å². The van der Waals surface area contributed by atoms with Crippen molar-refractivity contribution in [1.82, 2.24) is 14.9 Å². The average molecular weight is 423 g/mol. The summed E-state index contributed by atoms with van der Waals surface area (Å²) in [5.74, 6) is 0.915. The number of rotatable bonds is 4. The van der Waals surface area contributed by atoms with Gasteiger partial charge < -0.3 is 10.2 Å². The van der Waals surface area contributed by atoms with Crippen molar-refractivity contribution in [2.75, 3.05) is 18.0 Å². The topological polar surface area (TPSA) is 67.2 Å². The van der Waals surface area contributed by atoms with E-state index in [2.05, 4.69) is 10.2 Å². The Hall–Kier alpha value is -2.67. The van der Waals surface area contributed by atoms with Crippen LogP contribution in [0.4, 0.5) is 5.95 Å². The predicted molar refractivity (Wildman–Crippen MR) is 121 cm³/mol. The summed E-state index contributed by atoms with van der Waals surface area (Å²) in [4.78, 5) is 32.9. The van der Waals surface area contributed by atoms with Crippen LogP contribution in [0.1, 0.15) is 38.5 Å². The van der Waals surface area contributed by atoms with E-state index in [1.165, 1.54) is 24.2 Å². The lowest BCUT2D eigenvalue weighted by molar-refractivity contribution is -0.126. The maximum absolute atomic E-state index is 13.3. The molecule has 2 aliphatic rings. The Bertz CT molecular complexity index is 1090. The van der Waals surface area contributed by atoms with Crippen molar-refractivity contribution in [3.8, 4) is 5.69 Å². The van der Waals surface area contributed by atoms with Gasteiger partial charge in [-0.3, -0.25) is 9.59 Å². The van der Waals surface area contributed by atoms with Gasteiger partial charge in [0.1, 0.15) is 4.70 Å². The molecule has 3 heterocycles. The second-order valence-electron chi connectivity index (χ2n) is 8.27. The number of nitrogens with zero attached hydrogens (tertiary/aromatic N) is 3. The summed E-state index contributed by atoms with van der Waals surface area (Å²) >= 11 is 1.43. The average Bonchev–Trinajstić information content (AvgIpc) is 3.46. The van der Waals surface area contributed by atoms with Crippen LogP contribution >= 0.6 is 11.3 Å². The number of benzene rings is 1. The molecule has 0 atom stereocenters. The van der Waals surface area contributed by atoms with E-state index in [1.807, 2.05) is 41.8 Å². The lowest BCUT2D eigenvalue weighted by Gasteiger charge is -2.33. The van der Waals surface area contributed by atoms with Gasteiger partial charge in [0.05, 0.1) is 11.2 Å². The van der Waals surface area contributed by atoms with E-state index >= 15 is 0 Å². The predicted octanol–water partition coefficient (Wildman–Crippen LogP) is 3.72. The maximum Gasteiger partial charge on any atom is 0.277 e. The summed E-state index contributed by atoms with van der Waals surface area (Å²) in [6, 6.07) is 12.0. The molecule has 1 aliphatic heterocycles. The highest BCUT2D eigenvalue weighted by Crippen LogP contribution is 2.27. The number of hydrogen-bond donors (Lipinski definition) is 1. The van der Waals surface area contributed by atoms with Crippen molar-refractivity contribution in [2.24, 2.45) is 5.92 Å². The lowest BCUT2D eigenvalue weighted by Crippen LogP contribution is -2.44. The van der Waals surface area contributed by atoms with Crippen LogP contribution in [-0.2, 0) is 4.79 Å². The molecule has 7 heteroatoms. The van der Waals surface area contributed by atoms with Crippen LogP contribution in [0, 0.1) is 5.92 Å². The van der Waals surface area contributed by atoms with Gasteiger partial charge in [-0.15, -0.1) is 11.3 Å². The third-order valence-electron chi connectivity index (χ3n) is 6.33. The molecule has 0 spiro atoms. The van der Waals surface area contributed by atoms with Gasteiger partial charge in [0, 0.05) is 25.0 Å². The van der Waals surface area contributed by atoms with Gasteiger partial charge in [-0.2, -0.15) is 0 Å². The first-order chi connectivity index (χ1) is 14.7. The Balaban J connectivity index is 1.40. The number of hydrogen-bond acceptors (Lipinski definition) is 5. The molecule has 0 bridgehead atoms. The molecule has 1 aliphatic carbocycles. The molecule has 1 saturated heterocycles. The van der Waals surface area contributed by atoms with E-state index in [9.17, 15) is 9.59 Å². The van der Waals surface area contributed by atoms with Gasteiger partial charge in [-0.25, -0.2) is 9.55 Å². The largest absolute Gasteiger partial charge is 0.353 e. The Morgan fingerprint density at radius 2 is 1.77 bits per heavy atom. The molecule has 0 unspecified atom stereocenters. The van der Waals surface area contributed by atoms with Gasteiger partial charge in [0.15, 0.2) is 0 Å². The third-order valence-corrected chi connectivity index (χ3v) is 7.22. The Morgan fingerprint density at radius 3 is 2.50 bits per heavy atom. The number of thiophene rings is 1. The fourth-order valence-corrected chi connectivity index (χ4v) is 5.41. The van der Waals surface area contributed by atoms with Crippen LogP contribution in [0.25, 0.3) is 15.9 Å². The number of carbonyl (C=O) groups excluding carboxylic acids is 1. The monoisotopic (exact) mass is 422 g/mol. The molecule has 6 nitrogen and oxygen atoms in total. The molecule has 30 heavy (non-hydrogen) atoms. The van der Waals surface area contributed by atoms with E-state index in [1.54, 1.807) is 4.57 Å². The molecule has 1 N–H and O–H groups in total. The molecular formula is C23H26N4O2S. The molecule has 1 amide bonds. The zero-order valence-electron chi connectivity index (χ0n) is 16.9. The maximum atomic E-state index is 13.3. The van der Waals surface area contributed by atoms with Crippen molar-refractivity contribution in [3.05, 3.63) is 52.1 Å². The van der Waals surface area contributed by atoms with Gasteiger partial charge in [0.2, 0.25) is 11.9 Å². The van der Waals surface area contributed by atoms with Gasteiger partial charge >= 0.3 is 0 Å². The number of aromatic nitrogens is 2. The highest BCUT2D eigenvalue weighted by molar-refractivity contribution is 7.17. The zero-order chi connectivity index (χ0) is 20.5. The van der Waals surface area contributed by atoms with Crippen molar-refractivity contribution in [2.45, 2.75) is 44.6 Å². The summed E-state index contributed by atoms with van der Waals surface area (Å²) in [5, 5.41) is 5.16. The molecule has 3 aromatic rings. The smallest absolute Gasteiger partial charge is 0.277 e. The first-order valence-corrected chi connectivity index (χ1v) is 11.7. The normalized spacial score (nSPS) is 18.2. The molecule has 1 saturated carbocycles. The molecule has 2 fully saturated rings. The molecule has 156 valence electrons. The van der Waals surface area contributed by atoms with Gasteiger partial charge in [-0.1, -0.05) is 31.0 Å². The van der Waals surface area contributed by atoms with E-state index in [4.69, 9.17) is 4.98 Å². The highest BCUT2D eigenvalue weighted by atomic mass is 32.1. The molecule has 1 aromatic carbocycles. The number of fused-ring (bicyclic) bond motifs is 1. The van der Waals surface area contributed by atoms with E-state index in [0.717, 1.165) is 50.0 Å². The minimum Gasteiger partial charge on any atom is -0.353 e. The van der Waals surface area contributed by atoms with Gasteiger partial charge in [0.25, 0.3) is 5.56 Å². The van der Waals surface area contributed by atoms with Gasteiger partial charge in [-0.05, 0) is 49.3 Å². The Labute approximate surface area is 179 Å². The molecule has 2 aromatic heterocycles. The standard InChI is InChI=1S/C23H26N4O2S/c28-21(24-17-6-4-5-7-17)16-10-13-26(14-11-16)23-25-19-12-15-30-20(19)22(29)27(23)18-8-2-1-3-9-18/h1-3,8-9,12,15-17H,4-7,10-11,13-14H2,(H,24,28). The fraction of sp³-hybridized carbons (Fsp3) is 0.435. The van der Waals surface area contributed by atoms with Crippen LogP contribution in [0.5, 0.6) is 0 Å². The van der Waals surface area contributed by atoms with Crippen molar-refractivity contribution in [3.63, 3.8) is 0 Å². The SMILES string of the molecule is O=C(NC1CCCC1)C1CCN(c2nc3ccsc3c(=O)n2-c2ccccc2)CC1. The summed E-state index contributed by atoms with van der Waals surface area (Å²) in [7, 11) is 0. The molecular weight excluding hydrogens is 396 g/mol. The second kappa shape index (κ2) is 8.22. The number of para-hydroxylation sites is 1. The Kier molecular flexibility index (Phi) is 5.29.